The third-order valence-electron chi connectivity index (χ3n) is 2.15. The summed E-state index contributed by atoms with van der Waals surface area (Å²) in [7, 11) is 0. The molecule has 2 aromatic heterocycles. The van der Waals surface area contributed by atoms with Crippen molar-refractivity contribution in [2.45, 2.75) is 6.54 Å². The number of hydrogen-bond acceptors (Lipinski definition) is 5. The van der Waals surface area contributed by atoms with E-state index in [1.54, 1.807) is 23.5 Å². The molecule has 0 aromatic carbocycles. The van der Waals surface area contributed by atoms with Crippen LogP contribution in [0, 0.1) is 0 Å². The number of ether oxygens (including phenoxy) is 1. The minimum Gasteiger partial charge on any atom is -0.451 e. The second-order valence-corrected chi connectivity index (χ2v) is 7.03. The van der Waals surface area contributed by atoms with E-state index in [-0.39, 0.29) is 12.5 Å². The number of esters is 1. The molecule has 0 saturated carbocycles. The maximum atomic E-state index is 11.6. The van der Waals surface area contributed by atoms with Crippen LogP contribution in [0.4, 0.5) is 0 Å². The lowest BCUT2D eigenvalue weighted by Gasteiger charge is -2.04. The quantitative estimate of drug-likeness (QED) is 0.834. The number of carbonyl (C=O) groups excluding carboxylic acids is 2. The van der Waals surface area contributed by atoms with Gasteiger partial charge in [-0.3, -0.25) is 4.79 Å². The fourth-order valence-corrected chi connectivity index (χ4v) is 3.20. The van der Waals surface area contributed by atoms with Crippen molar-refractivity contribution in [3.8, 4) is 0 Å². The van der Waals surface area contributed by atoms with Crippen LogP contribution in [-0.4, -0.2) is 18.5 Å². The van der Waals surface area contributed by atoms with Crippen molar-refractivity contribution in [3.05, 3.63) is 43.2 Å². The SMILES string of the molecule is O=C(COC(=O)c1ccc(Br)s1)NCc1cccs1. The Bertz CT molecular complexity index is 565. The van der Waals surface area contributed by atoms with Gasteiger partial charge in [0.05, 0.1) is 10.3 Å². The van der Waals surface area contributed by atoms with E-state index in [1.807, 2.05) is 17.5 Å². The summed E-state index contributed by atoms with van der Waals surface area (Å²) >= 11 is 6.09. The first kappa shape index (κ1) is 14.2. The second kappa shape index (κ2) is 6.83. The molecule has 0 fully saturated rings. The number of nitrogens with one attached hydrogen (secondary N) is 1. The Morgan fingerprint density at radius 3 is 2.79 bits per heavy atom. The largest absolute Gasteiger partial charge is 0.451 e. The summed E-state index contributed by atoms with van der Waals surface area (Å²) in [6.45, 7) is 0.193. The Labute approximate surface area is 126 Å². The third kappa shape index (κ3) is 4.45. The van der Waals surface area contributed by atoms with Crippen molar-refractivity contribution in [3.63, 3.8) is 0 Å². The first-order chi connectivity index (χ1) is 9.15. The second-order valence-electron chi connectivity index (χ2n) is 3.54. The molecule has 0 aliphatic heterocycles. The molecule has 0 spiro atoms. The first-order valence-electron chi connectivity index (χ1n) is 5.36. The smallest absolute Gasteiger partial charge is 0.348 e. The van der Waals surface area contributed by atoms with E-state index in [0.29, 0.717) is 11.4 Å². The Morgan fingerprint density at radius 2 is 2.16 bits per heavy atom. The highest BCUT2D eigenvalue weighted by Gasteiger charge is 2.12. The van der Waals surface area contributed by atoms with Crippen molar-refractivity contribution in [1.82, 2.24) is 5.32 Å². The zero-order chi connectivity index (χ0) is 13.7. The number of halogens is 1. The summed E-state index contributed by atoms with van der Waals surface area (Å²) in [6.07, 6.45) is 0. The van der Waals surface area contributed by atoms with E-state index in [1.165, 1.54) is 11.3 Å². The van der Waals surface area contributed by atoms with Crippen LogP contribution in [0.1, 0.15) is 14.5 Å². The predicted molar refractivity (Wildman–Crippen MR) is 78.5 cm³/mol. The summed E-state index contributed by atoms with van der Waals surface area (Å²) < 4.78 is 5.76. The van der Waals surface area contributed by atoms with Gasteiger partial charge in [0, 0.05) is 4.88 Å². The number of hydrogen-bond donors (Lipinski definition) is 1. The molecule has 19 heavy (non-hydrogen) atoms. The van der Waals surface area contributed by atoms with Crippen molar-refractivity contribution in [2.24, 2.45) is 0 Å². The monoisotopic (exact) mass is 359 g/mol. The lowest BCUT2D eigenvalue weighted by atomic mass is 10.4. The number of amides is 1. The molecule has 1 N–H and O–H groups in total. The summed E-state index contributed by atoms with van der Waals surface area (Å²) in [6, 6.07) is 7.26. The molecule has 100 valence electrons. The van der Waals surface area contributed by atoms with Crippen molar-refractivity contribution < 1.29 is 14.3 Å². The van der Waals surface area contributed by atoms with Gasteiger partial charge in [0.15, 0.2) is 6.61 Å². The highest BCUT2D eigenvalue weighted by Crippen LogP contribution is 2.22. The van der Waals surface area contributed by atoms with Gasteiger partial charge >= 0.3 is 5.97 Å². The van der Waals surface area contributed by atoms with E-state index in [2.05, 4.69) is 21.2 Å². The van der Waals surface area contributed by atoms with E-state index in [9.17, 15) is 9.59 Å². The topological polar surface area (TPSA) is 55.4 Å². The van der Waals surface area contributed by atoms with Crippen molar-refractivity contribution >= 4 is 50.5 Å². The van der Waals surface area contributed by atoms with Gasteiger partial charge in [-0.15, -0.1) is 22.7 Å². The lowest BCUT2D eigenvalue weighted by Crippen LogP contribution is -2.27. The number of rotatable bonds is 5. The lowest BCUT2D eigenvalue weighted by molar-refractivity contribution is -0.124. The van der Waals surface area contributed by atoms with Gasteiger partial charge in [-0.1, -0.05) is 6.07 Å². The molecule has 2 rings (SSSR count). The molecular weight excluding hydrogens is 350 g/mol. The van der Waals surface area contributed by atoms with E-state index in [0.717, 1.165) is 8.66 Å². The maximum absolute atomic E-state index is 11.6. The zero-order valence-corrected chi connectivity index (χ0v) is 12.9. The molecule has 0 aliphatic rings. The fraction of sp³-hybridized carbons (Fsp3) is 0.167. The van der Waals surface area contributed by atoms with Crippen LogP contribution >= 0.6 is 38.6 Å². The Hall–Kier alpha value is -1.18. The summed E-state index contributed by atoms with van der Waals surface area (Å²) in [5.74, 6) is -0.792. The van der Waals surface area contributed by atoms with Gasteiger partial charge in [0.1, 0.15) is 4.88 Å². The molecular formula is C12H10BrNO3S2. The minimum absolute atomic E-state index is 0.264. The van der Waals surface area contributed by atoms with E-state index in [4.69, 9.17) is 4.74 Å². The molecule has 0 unspecified atom stereocenters. The first-order valence-corrected chi connectivity index (χ1v) is 7.85. The molecule has 0 bridgehead atoms. The van der Waals surface area contributed by atoms with Crippen LogP contribution < -0.4 is 5.32 Å². The van der Waals surface area contributed by atoms with Crippen molar-refractivity contribution in [2.75, 3.05) is 6.61 Å². The van der Waals surface area contributed by atoms with Crippen LogP contribution in [0.25, 0.3) is 0 Å². The number of carbonyl (C=O) groups is 2. The molecule has 0 atom stereocenters. The van der Waals surface area contributed by atoms with E-state index >= 15 is 0 Å². The van der Waals surface area contributed by atoms with Gasteiger partial charge in [0.2, 0.25) is 0 Å². The van der Waals surface area contributed by atoms with Gasteiger partial charge in [-0.2, -0.15) is 0 Å². The Morgan fingerprint density at radius 1 is 1.32 bits per heavy atom. The number of thiophene rings is 2. The molecule has 0 radical (unpaired) electrons. The van der Waals surface area contributed by atoms with Crippen molar-refractivity contribution in [1.29, 1.82) is 0 Å². The summed E-state index contributed by atoms with van der Waals surface area (Å²) in [5.41, 5.74) is 0. The maximum Gasteiger partial charge on any atom is 0.348 e. The highest BCUT2D eigenvalue weighted by molar-refractivity contribution is 9.11. The van der Waals surface area contributed by atoms with Gasteiger partial charge in [-0.05, 0) is 39.5 Å². The molecule has 7 heteroatoms. The molecule has 4 nitrogen and oxygen atoms in total. The minimum atomic E-state index is -0.484. The van der Waals surface area contributed by atoms with Crippen LogP contribution in [0.2, 0.25) is 0 Å². The van der Waals surface area contributed by atoms with E-state index < -0.39 is 5.97 Å². The van der Waals surface area contributed by atoms with Crippen LogP contribution in [0.15, 0.2) is 33.4 Å². The Kier molecular flexibility index (Phi) is 5.12. The summed E-state index contributed by atoms with van der Waals surface area (Å²) in [4.78, 5) is 24.6. The molecule has 0 aliphatic carbocycles. The molecule has 2 heterocycles. The zero-order valence-electron chi connectivity index (χ0n) is 9.72. The van der Waals surface area contributed by atoms with Gasteiger partial charge < -0.3 is 10.1 Å². The highest BCUT2D eigenvalue weighted by atomic mass is 79.9. The standard InChI is InChI=1S/C12H10BrNO3S2/c13-10-4-3-9(19-10)12(16)17-7-11(15)14-6-8-2-1-5-18-8/h1-5H,6-7H2,(H,14,15). The van der Waals surface area contributed by atoms with Crippen LogP contribution in [0.3, 0.4) is 0 Å². The Balaban J connectivity index is 1.73. The predicted octanol–water partition coefficient (Wildman–Crippen LogP) is 3.05. The fourth-order valence-electron chi connectivity index (χ4n) is 1.28. The molecule has 1 amide bonds. The van der Waals surface area contributed by atoms with Crippen LogP contribution in [0.5, 0.6) is 0 Å². The average molecular weight is 360 g/mol. The van der Waals surface area contributed by atoms with Crippen LogP contribution in [-0.2, 0) is 16.1 Å². The van der Waals surface area contributed by atoms with Gasteiger partial charge in [-0.25, -0.2) is 4.79 Å². The summed E-state index contributed by atoms with van der Waals surface area (Å²) in [5, 5.41) is 4.63. The molecule has 0 saturated heterocycles. The van der Waals surface area contributed by atoms with Gasteiger partial charge in [0.25, 0.3) is 5.91 Å². The third-order valence-corrected chi connectivity index (χ3v) is 4.63. The molecule has 2 aromatic rings. The average Bonchev–Trinajstić information content (AvgIpc) is 3.04. The normalized spacial score (nSPS) is 10.2.